The van der Waals surface area contributed by atoms with Gasteiger partial charge in [-0.05, 0) is 12.1 Å². The van der Waals surface area contributed by atoms with Crippen LogP contribution in [0.3, 0.4) is 0 Å². The van der Waals surface area contributed by atoms with Gasteiger partial charge in [-0.3, -0.25) is 4.79 Å². The van der Waals surface area contributed by atoms with Crippen LogP contribution in [0.15, 0.2) is 18.2 Å². The Kier molecular flexibility index (Phi) is 2.90. The minimum absolute atomic E-state index is 0.0850. The van der Waals surface area contributed by atoms with E-state index in [9.17, 15) is 13.6 Å². The van der Waals surface area contributed by atoms with Gasteiger partial charge in [0.25, 0.3) is 0 Å². The van der Waals surface area contributed by atoms with Crippen LogP contribution >= 0.6 is 0 Å². The molecule has 1 fully saturated rings. The largest absolute Gasteiger partial charge is 0.368 e. The third-order valence-electron chi connectivity index (χ3n) is 2.92. The standard InChI is InChI=1S/C12H13F2NO/c1-8-7-15(5-4-12(8)16)11-3-2-9(13)6-10(11)14/h2-3,6,8H,4-5,7H2,1H3. The summed E-state index contributed by atoms with van der Waals surface area (Å²) in [6.45, 7) is 2.84. The lowest BCUT2D eigenvalue weighted by molar-refractivity contribution is -0.122. The van der Waals surface area contributed by atoms with E-state index in [0.29, 0.717) is 25.2 Å². The summed E-state index contributed by atoms with van der Waals surface area (Å²) in [6.07, 6.45) is 0.429. The molecule has 1 heterocycles. The number of nitrogens with zero attached hydrogens (tertiary/aromatic N) is 1. The molecule has 86 valence electrons. The van der Waals surface area contributed by atoms with Crippen molar-refractivity contribution in [2.24, 2.45) is 5.92 Å². The molecule has 2 rings (SSSR count). The fourth-order valence-corrected chi connectivity index (χ4v) is 1.97. The number of hydrogen-bond acceptors (Lipinski definition) is 2. The Balaban J connectivity index is 2.21. The van der Waals surface area contributed by atoms with Gasteiger partial charge in [-0.15, -0.1) is 0 Å². The van der Waals surface area contributed by atoms with Crippen LogP contribution in [-0.2, 0) is 4.79 Å². The minimum Gasteiger partial charge on any atom is -0.368 e. The van der Waals surface area contributed by atoms with Gasteiger partial charge in [0.2, 0.25) is 0 Å². The molecule has 0 aliphatic carbocycles. The number of carbonyl (C=O) groups is 1. The number of benzene rings is 1. The van der Waals surface area contributed by atoms with Crippen LogP contribution in [0.1, 0.15) is 13.3 Å². The second-order valence-corrected chi connectivity index (χ2v) is 4.16. The summed E-state index contributed by atoms with van der Waals surface area (Å²) in [4.78, 5) is 13.1. The third kappa shape index (κ3) is 2.05. The van der Waals surface area contributed by atoms with E-state index < -0.39 is 11.6 Å². The zero-order chi connectivity index (χ0) is 11.7. The first-order valence-corrected chi connectivity index (χ1v) is 5.30. The molecule has 4 heteroatoms. The number of halogens is 2. The Morgan fingerprint density at radius 1 is 1.38 bits per heavy atom. The number of anilines is 1. The molecule has 16 heavy (non-hydrogen) atoms. The normalized spacial score (nSPS) is 21.3. The average Bonchev–Trinajstić information content (AvgIpc) is 2.22. The summed E-state index contributed by atoms with van der Waals surface area (Å²) in [5.41, 5.74) is 0.376. The quantitative estimate of drug-likeness (QED) is 0.731. The van der Waals surface area contributed by atoms with E-state index in [0.717, 1.165) is 6.07 Å². The van der Waals surface area contributed by atoms with Crippen molar-refractivity contribution in [1.29, 1.82) is 0 Å². The van der Waals surface area contributed by atoms with E-state index in [2.05, 4.69) is 0 Å². The van der Waals surface area contributed by atoms with Crippen molar-refractivity contribution < 1.29 is 13.6 Å². The third-order valence-corrected chi connectivity index (χ3v) is 2.92. The number of Topliss-reactive ketones (excluding diaryl/α,β-unsaturated/α-hetero) is 1. The SMILES string of the molecule is CC1CN(c2ccc(F)cc2F)CCC1=O. The van der Waals surface area contributed by atoms with Crippen LogP contribution in [-0.4, -0.2) is 18.9 Å². The van der Waals surface area contributed by atoms with Crippen LogP contribution in [0.25, 0.3) is 0 Å². The maximum absolute atomic E-state index is 13.5. The van der Waals surface area contributed by atoms with Crippen molar-refractivity contribution in [3.05, 3.63) is 29.8 Å². The number of ketones is 1. The van der Waals surface area contributed by atoms with Crippen molar-refractivity contribution in [2.45, 2.75) is 13.3 Å². The molecule has 0 N–H and O–H groups in total. The van der Waals surface area contributed by atoms with Crippen LogP contribution in [0.2, 0.25) is 0 Å². The summed E-state index contributed by atoms with van der Waals surface area (Å²) in [5, 5.41) is 0. The van der Waals surface area contributed by atoms with Gasteiger partial charge in [0, 0.05) is 31.5 Å². The number of piperidine rings is 1. The minimum atomic E-state index is -0.581. The summed E-state index contributed by atoms with van der Waals surface area (Å²) in [5.74, 6) is -1.03. The fraction of sp³-hybridized carbons (Fsp3) is 0.417. The van der Waals surface area contributed by atoms with Gasteiger partial charge in [0.05, 0.1) is 5.69 Å². The fourth-order valence-electron chi connectivity index (χ4n) is 1.97. The summed E-state index contributed by atoms with van der Waals surface area (Å²) in [7, 11) is 0. The number of carbonyl (C=O) groups excluding carboxylic acids is 1. The monoisotopic (exact) mass is 225 g/mol. The topological polar surface area (TPSA) is 20.3 Å². The summed E-state index contributed by atoms with van der Waals surface area (Å²) < 4.78 is 26.2. The van der Waals surface area contributed by atoms with Crippen molar-refractivity contribution >= 4 is 11.5 Å². The molecule has 0 saturated carbocycles. The highest BCUT2D eigenvalue weighted by atomic mass is 19.1. The highest BCUT2D eigenvalue weighted by Crippen LogP contribution is 2.24. The second-order valence-electron chi connectivity index (χ2n) is 4.16. The van der Waals surface area contributed by atoms with Gasteiger partial charge in [0.15, 0.2) is 0 Å². The van der Waals surface area contributed by atoms with Crippen molar-refractivity contribution in [2.75, 3.05) is 18.0 Å². The predicted octanol–water partition coefficient (Wildman–Crippen LogP) is 2.38. The molecule has 0 bridgehead atoms. The van der Waals surface area contributed by atoms with Gasteiger partial charge in [-0.1, -0.05) is 6.92 Å². The van der Waals surface area contributed by atoms with Gasteiger partial charge in [0.1, 0.15) is 17.4 Å². The number of hydrogen-bond donors (Lipinski definition) is 0. The van der Waals surface area contributed by atoms with E-state index in [1.54, 1.807) is 4.90 Å². The maximum atomic E-state index is 13.5. The molecule has 1 aromatic rings. The predicted molar refractivity (Wildman–Crippen MR) is 57.4 cm³/mol. The summed E-state index contributed by atoms with van der Waals surface area (Å²) >= 11 is 0. The Labute approximate surface area is 92.9 Å². The molecule has 1 saturated heterocycles. The Bertz CT molecular complexity index is 419. The lowest BCUT2D eigenvalue weighted by Gasteiger charge is -2.32. The zero-order valence-electron chi connectivity index (χ0n) is 9.04. The maximum Gasteiger partial charge on any atom is 0.149 e. The summed E-state index contributed by atoms with van der Waals surface area (Å²) in [6, 6.07) is 3.53. The molecule has 0 radical (unpaired) electrons. The Morgan fingerprint density at radius 2 is 2.12 bits per heavy atom. The average molecular weight is 225 g/mol. The van der Waals surface area contributed by atoms with Gasteiger partial charge < -0.3 is 4.90 Å². The molecule has 2 nitrogen and oxygen atoms in total. The molecule has 0 aromatic heterocycles. The molecular weight excluding hydrogens is 212 g/mol. The van der Waals surface area contributed by atoms with Crippen molar-refractivity contribution in [1.82, 2.24) is 0 Å². The van der Waals surface area contributed by atoms with E-state index in [-0.39, 0.29) is 11.7 Å². The van der Waals surface area contributed by atoms with Crippen molar-refractivity contribution in [3.63, 3.8) is 0 Å². The lowest BCUT2D eigenvalue weighted by Crippen LogP contribution is -2.40. The highest BCUT2D eigenvalue weighted by Gasteiger charge is 2.25. The molecular formula is C12H13F2NO. The van der Waals surface area contributed by atoms with E-state index in [1.807, 2.05) is 6.92 Å². The first kappa shape index (κ1) is 11.0. The van der Waals surface area contributed by atoms with E-state index in [1.165, 1.54) is 12.1 Å². The van der Waals surface area contributed by atoms with Gasteiger partial charge in [-0.2, -0.15) is 0 Å². The first-order valence-electron chi connectivity index (χ1n) is 5.30. The molecule has 1 aromatic carbocycles. The lowest BCUT2D eigenvalue weighted by atomic mass is 9.98. The molecule has 1 aliphatic rings. The van der Waals surface area contributed by atoms with E-state index >= 15 is 0 Å². The molecule has 0 amide bonds. The Morgan fingerprint density at radius 3 is 2.75 bits per heavy atom. The molecule has 1 atom stereocenters. The van der Waals surface area contributed by atoms with Crippen LogP contribution in [0, 0.1) is 17.6 Å². The second kappa shape index (κ2) is 4.20. The smallest absolute Gasteiger partial charge is 0.149 e. The Hall–Kier alpha value is -1.45. The van der Waals surface area contributed by atoms with Crippen molar-refractivity contribution in [3.8, 4) is 0 Å². The molecule has 0 spiro atoms. The van der Waals surface area contributed by atoms with E-state index in [4.69, 9.17) is 0 Å². The number of rotatable bonds is 1. The first-order chi connectivity index (χ1) is 7.58. The molecule has 1 unspecified atom stereocenters. The van der Waals surface area contributed by atoms with Crippen LogP contribution < -0.4 is 4.90 Å². The molecule has 1 aliphatic heterocycles. The van der Waals surface area contributed by atoms with Gasteiger partial charge >= 0.3 is 0 Å². The zero-order valence-corrected chi connectivity index (χ0v) is 9.04. The van der Waals surface area contributed by atoms with Crippen LogP contribution in [0.4, 0.5) is 14.5 Å². The highest BCUT2D eigenvalue weighted by molar-refractivity contribution is 5.83. The van der Waals surface area contributed by atoms with Gasteiger partial charge in [-0.25, -0.2) is 8.78 Å². The van der Waals surface area contributed by atoms with Crippen LogP contribution in [0.5, 0.6) is 0 Å².